The first-order chi connectivity index (χ1) is 9.97. The first-order valence-electron chi connectivity index (χ1n) is 6.41. The quantitative estimate of drug-likeness (QED) is 0.891. The number of benzene rings is 1. The minimum absolute atomic E-state index is 0.208. The Morgan fingerprint density at radius 1 is 1.33 bits per heavy atom. The summed E-state index contributed by atoms with van der Waals surface area (Å²) in [5.41, 5.74) is 0.436. The summed E-state index contributed by atoms with van der Waals surface area (Å²) in [6.07, 6.45) is 0.482. The maximum absolute atomic E-state index is 12.5. The van der Waals surface area contributed by atoms with Crippen LogP contribution < -0.4 is 9.47 Å². The van der Waals surface area contributed by atoms with Crippen LogP contribution in [0.15, 0.2) is 16.6 Å². The molecule has 21 heavy (non-hydrogen) atoms. The van der Waals surface area contributed by atoms with E-state index in [1.807, 2.05) is 0 Å². The molecule has 1 heterocycles. The topological polar surface area (TPSA) is 76.1 Å². The molecule has 114 valence electrons. The van der Waals surface area contributed by atoms with Crippen LogP contribution in [0, 0.1) is 5.92 Å². The Bertz CT molecular complexity index is 575. The molecular weight excluding hydrogens is 342 g/mol. The van der Waals surface area contributed by atoms with E-state index >= 15 is 0 Å². The summed E-state index contributed by atoms with van der Waals surface area (Å²) in [5.74, 6) is -0.597. The van der Waals surface area contributed by atoms with E-state index in [-0.39, 0.29) is 12.5 Å². The molecule has 0 saturated carbocycles. The van der Waals surface area contributed by atoms with E-state index in [0.29, 0.717) is 34.5 Å². The van der Waals surface area contributed by atoms with E-state index in [4.69, 9.17) is 14.6 Å². The predicted molar refractivity (Wildman–Crippen MR) is 78.9 cm³/mol. The molecule has 1 N–H and O–H groups in total. The Balaban J connectivity index is 2.24. The molecule has 0 spiro atoms. The molecule has 1 saturated heterocycles. The summed E-state index contributed by atoms with van der Waals surface area (Å²) in [6, 6.07) is 3.25. The number of carbonyl (C=O) groups excluding carboxylic acids is 1. The van der Waals surface area contributed by atoms with Gasteiger partial charge in [0.15, 0.2) is 11.5 Å². The van der Waals surface area contributed by atoms with Crippen LogP contribution in [0.25, 0.3) is 0 Å². The van der Waals surface area contributed by atoms with Crippen molar-refractivity contribution < 1.29 is 24.2 Å². The lowest BCUT2D eigenvalue weighted by Gasteiger charge is -2.17. The van der Waals surface area contributed by atoms with Crippen LogP contribution in [0.5, 0.6) is 11.5 Å². The van der Waals surface area contributed by atoms with Gasteiger partial charge in [-0.2, -0.15) is 0 Å². The van der Waals surface area contributed by atoms with Crippen LogP contribution in [0.2, 0.25) is 0 Å². The van der Waals surface area contributed by atoms with Crippen molar-refractivity contribution in [1.82, 2.24) is 4.90 Å². The van der Waals surface area contributed by atoms with Crippen molar-refractivity contribution in [2.45, 2.75) is 6.42 Å². The zero-order valence-corrected chi connectivity index (χ0v) is 13.3. The van der Waals surface area contributed by atoms with E-state index in [0.717, 1.165) is 0 Å². The van der Waals surface area contributed by atoms with Crippen molar-refractivity contribution in [2.75, 3.05) is 27.3 Å². The van der Waals surface area contributed by atoms with Gasteiger partial charge in [-0.1, -0.05) is 0 Å². The molecule has 1 aliphatic heterocycles. The summed E-state index contributed by atoms with van der Waals surface area (Å²) < 4.78 is 11.0. The van der Waals surface area contributed by atoms with Gasteiger partial charge in [-0.05, 0) is 34.5 Å². The van der Waals surface area contributed by atoms with Crippen LogP contribution in [-0.4, -0.2) is 49.2 Å². The zero-order valence-electron chi connectivity index (χ0n) is 11.8. The van der Waals surface area contributed by atoms with Gasteiger partial charge < -0.3 is 19.5 Å². The van der Waals surface area contributed by atoms with Gasteiger partial charge in [0.05, 0.1) is 24.6 Å². The summed E-state index contributed by atoms with van der Waals surface area (Å²) in [6.45, 7) is 0.682. The molecule has 0 radical (unpaired) electrons. The summed E-state index contributed by atoms with van der Waals surface area (Å²) >= 11 is 3.34. The van der Waals surface area contributed by atoms with E-state index < -0.39 is 11.9 Å². The molecule has 0 aromatic heterocycles. The molecule has 6 nitrogen and oxygen atoms in total. The van der Waals surface area contributed by atoms with Crippen molar-refractivity contribution in [1.29, 1.82) is 0 Å². The second-order valence-electron chi connectivity index (χ2n) is 4.77. The molecule has 7 heteroatoms. The van der Waals surface area contributed by atoms with Crippen LogP contribution in [0.1, 0.15) is 16.8 Å². The van der Waals surface area contributed by atoms with Gasteiger partial charge in [0.25, 0.3) is 5.91 Å². The second-order valence-corrected chi connectivity index (χ2v) is 5.62. The van der Waals surface area contributed by atoms with Crippen molar-refractivity contribution in [3.63, 3.8) is 0 Å². The van der Waals surface area contributed by atoms with Gasteiger partial charge in [0, 0.05) is 18.7 Å². The smallest absolute Gasteiger partial charge is 0.308 e. The minimum atomic E-state index is -0.862. The number of nitrogens with zero attached hydrogens (tertiary/aromatic N) is 1. The molecule has 1 aromatic carbocycles. The lowest BCUT2D eigenvalue weighted by Crippen LogP contribution is -2.30. The maximum atomic E-state index is 12.5. The number of amides is 1. The minimum Gasteiger partial charge on any atom is -0.493 e. The Kier molecular flexibility index (Phi) is 4.72. The molecule has 0 aliphatic carbocycles. The van der Waals surface area contributed by atoms with Crippen LogP contribution >= 0.6 is 15.9 Å². The van der Waals surface area contributed by atoms with Gasteiger partial charge in [-0.3, -0.25) is 9.59 Å². The number of hydrogen-bond acceptors (Lipinski definition) is 4. The van der Waals surface area contributed by atoms with Gasteiger partial charge in [-0.15, -0.1) is 0 Å². The highest BCUT2D eigenvalue weighted by Gasteiger charge is 2.31. The van der Waals surface area contributed by atoms with Gasteiger partial charge in [0.1, 0.15) is 0 Å². The average Bonchev–Trinajstić information content (AvgIpc) is 2.95. The Morgan fingerprint density at radius 2 is 2.05 bits per heavy atom. The fourth-order valence-electron chi connectivity index (χ4n) is 2.37. The SMILES string of the molecule is COc1cc(C(=O)N2CCC(C(=O)O)C2)cc(Br)c1OC. The fraction of sp³-hybridized carbons (Fsp3) is 0.429. The predicted octanol–water partition coefficient (Wildman–Crippen LogP) is 2.01. The molecule has 1 amide bonds. The molecular formula is C14H16BrNO5. The Labute approximate surface area is 130 Å². The van der Waals surface area contributed by atoms with E-state index in [9.17, 15) is 9.59 Å². The zero-order chi connectivity index (χ0) is 15.6. The van der Waals surface area contributed by atoms with E-state index in [1.54, 1.807) is 17.0 Å². The van der Waals surface area contributed by atoms with Crippen LogP contribution in [-0.2, 0) is 4.79 Å². The molecule has 1 atom stereocenters. The number of hydrogen-bond donors (Lipinski definition) is 1. The molecule has 1 unspecified atom stereocenters. The fourth-order valence-corrected chi connectivity index (χ4v) is 2.97. The Morgan fingerprint density at radius 3 is 2.57 bits per heavy atom. The lowest BCUT2D eigenvalue weighted by atomic mass is 10.1. The number of likely N-dealkylation sites (tertiary alicyclic amines) is 1. The van der Waals surface area contributed by atoms with Gasteiger partial charge in [-0.25, -0.2) is 0 Å². The van der Waals surface area contributed by atoms with Crippen LogP contribution in [0.4, 0.5) is 0 Å². The number of carbonyl (C=O) groups is 2. The summed E-state index contributed by atoms with van der Waals surface area (Å²) in [7, 11) is 3.01. The maximum Gasteiger partial charge on any atom is 0.308 e. The second kappa shape index (κ2) is 6.34. The van der Waals surface area contributed by atoms with Crippen molar-refractivity contribution >= 4 is 27.8 Å². The number of ether oxygens (including phenoxy) is 2. The van der Waals surface area contributed by atoms with Gasteiger partial charge >= 0.3 is 5.97 Å². The highest BCUT2D eigenvalue weighted by molar-refractivity contribution is 9.10. The van der Waals surface area contributed by atoms with E-state index in [2.05, 4.69) is 15.9 Å². The van der Waals surface area contributed by atoms with Crippen molar-refractivity contribution in [3.05, 3.63) is 22.2 Å². The van der Waals surface area contributed by atoms with Crippen molar-refractivity contribution in [3.8, 4) is 11.5 Å². The average molecular weight is 358 g/mol. The monoisotopic (exact) mass is 357 g/mol. The molecule has 1 aromatic rings. The number of methoxy groups -OCH3 is 2. The number of rotatable bonds is 4. The van der Waals surface area contributed by atoms with Crippen LogP contribution in [0.3, 0.4) is 0 Å². The number of carboxylic acids is 1. The first-order valence-corrected chi connectivity index (χ1v) is 7.20. The van der Waals surface area contributed by atoms with Gasteiger partial charge in [0.2, 0.25) is 0 Å². The molecule has 1 aliphatic rings. The third-order valence-electron chi connectivity index (χ3n) is 3.51. The highest BCUT2D eigenvalue weighted by Crippen LogP contribution is 2.36. The van der Waals surface area contributed by atoms with Crippen molar-refractivity contribution in [2.24, 2.45) is 5.92 Å². The molecule has 1 fully saturated rings. The normalized spacial score (nSPS) is 17.7. The Hall–Kier alpha value is -1.76. The number of carboxylic acid groups (broad SMARTS) is 1. The lowest BCUT2D eigenvalue weighted by molar-refractivity contribution is -0.141. The molecule has 0 bridgehead atoms. The number of aliphatic carboxylic acids is 1. The highest BCUT2D eigenvalue weighted by atomic mass is 79.9. The first kappa shape index (κ1) is 15.6. The standard InChI is InChI=1S/C14H16BrNO5/c1-20-11-6-9(5-10(15)12(11)21-2)13(17)16-4-3-8(7-16)14(18)19/h5-6,8H,3-4,7H2,1-2H3,(H,18,19). The summed E-state index contributed by atoms with van der Waals surface area (Å²) in [5, 5.41) is 9.00. The van der Waals surface area contributed by atoms with E-state index in [1.165, 1.54) is 14.2 Å². The third kappa shape index (κ3) is 3.12. The largest absolute Gasteiger partial charge is 0.493 e. The third-order valence-corrected chi connectivity index (χ3v) is 4.09. The number of halogens is 1. The molecule has 2 rings (SSSR count). The summed E-state index contributed by atoms with van der Waals surface area (Å²) in [4.78, 5) is 25.0.